The lowest BCUT2D eigenvalue weighted by Crippen LogP contribution is -2.34. The zero-order valence-corrected chi connectivity index (χ0v) is 19.2. The van der Waals surface area contributed by atoms with Crippen molar-refractivity contribution in [2.45, 2.75) is 26.2 Å². The number of aryl methyl sites for hydroxylation is 1. The number of carbonyl (C=O) groups excluding carboxylic acids is 2. The van der Waals surface area contributed by atoms with E-state index in [1.807, 2.05) is 73.8 Å². The minimum atomic E-state index is -0.335. The number of methoxy groups -OCH3 is 1. The van der Waals surface area contributed by atoms with Gasteiger partial charge in [0.15, 0.2) is 0 Å². The molecule has 5 heteroatoms. The van der Waals surface area contributed by atoms with E-state index in [9.17, 15) is 9.59 Å². The third-order valence-electron chi connectivity index (χ3n) is 5.93. The average molecular weight is 441 g/mol. The predicted molar refractivity (Wildman–Crippen MR) is 132 cm³/mol. The van der Waals surface area contributed by atoms with Gasteiger partial charge < -0.3 is 9.64 Å². The zero-order valence-electron chi connectivity index (χ0n) is 19.2. The lowest BCUT2D eigenvalue weighted by atomic mass is 10.0. The van der Waals surface area contributed by atoms with E-state index < -0.39 is 0 Å². The SMILES string of the molecule is CCCCc1ccc(N2C(=O)C(c3ccc(OC)cc3)=C(N(C)c3ccccc3)C2=O)cc1. The Morgan fingerprint density at radius 1 is 0.848 bits per heavy atom. The van der Waals surface area contributed by atoms with Crippen molar-refractivity contribution in [3.05, 3.63) is 95.7 Å². The maximum absolute atomic E-state index is 13.7. The topological polar surface area (TPSA) is 49.9 Å². The lowest BCUT2D eigenvalue weighted by molar-refractivity contribution is -0.120. The molecule has 0 atom stereocenters. The van der Waals surface area contributed by atoms with E-state index >= 15 is 0 Å². The molecule has 0 unspecified atom stereocenters. The van der Waals surface area contributed by atoms with E-state index in [2.05, 4.69) is 6.92 Å². The van der Waals surface area contributed by atoms with Crippen molar-refractivity contribution in [1.82, 2.24) is 0 Å². The van der Waals surface area contributed by atoms with Gasteiger partial charge in [-0.15, -0.1) is 0 Å². The first-order valence-corrected chi connectivity index (χ1v) is 11.2. The van der Waals surface area contributed by atoms with Crippen molar-refractivity contribution in [3.63, 3.8) is 0 Å². The van der Waals surface area contributed by atoms with E-state index in [4.69, 9.17) is 4.74 Å². The zero-order chi connectivity index (χ0) is 23.4. The average Bonchev–Trinajstić information content (AvgIpc) is 3.13. The summed E-state index contributed by atoms with van der Waals surface area (Å²) in [7, 11) is 3.41. The molecule has 0 aliphatic carbocycles. The normalized spacial score (nSPS) is 13.6. The molecule has 2 amide bonds. The molecule has 0 saturated carbocycles. The van der Waals surface area contributed by atoms with E-state index in [0.717, 1.165) is 24.9 Å². The van der Waals surface area contributed by atoms with Gasteiger partial charge in [0.05, 0.1) is 18.4 Å². The summed E-state index contributed by atoms with van der Waals surface area (Å²) in [5, 5.41) is 0. The van der Waals surface area contributed by atoms with E-state index in [-0.39, 0.29) is 11.8 Å². The highest BCUT2D eigenvalue weighted by Crippen LogP contribution is 2.36. The molecule has 3 aromatic carbocycles. The Balaban J connectivity index is 1.77. The van der Waals surface area contributed by atoms with Crippen LogP contribution in [0.25, 0.3) is 5.57 Å². The maximum atomic E-state index is 13.7. The number of nitrogens with zero attached hydrogens (tertiary/aromatic N) is 2. The fourth-order valence-electron chi connectivity index (χ4n) is 4.05. The van der Waals surface area contributed by atoms with Crippen molar-refractivity contribution in [2.24, 2.45) is 0 Å². The molecule has 0 spiro atoms. The number of anilines is 2. The Morgan fingerprint density at radius 3 is 2.12 bits per heavy atom. The van der Waals surface area contributed by atoms with Crippen LogP contribution >= 0.6 is 0 Å². The van der Waals surface area contributed by atoms with Crippen LogP contribution in [0.2, 0.25) is 0 Å². The standard InChI is InChI=1S/C28H28N2O3/c1-4-5-9-20-12-16-23(17-13-20)30-27(31)25(21-14-18-24(33-3)19-15-21)26(28(30)32)29(2)22-10-7-6-8-11-22/h6-8,10-19H,4-5,9H2,1-3H3. The van der Waals surface area contributed by atoms with Crippen LogP contribution in [0, 0.1) is 0 Å². The summed E-state index contributed by atoms with van der Waals surface area (Å²) < 4.78 is 5.26. The van der Waals surface area contributed by atoms with Gasteiger partial charge in [0.2, 0.25) is 0 Å². The van der Waals surface area contributed by atoms with Gasteiger partial charge in [0, 0.05) is 12.7 Å². The van der Waals surface area contributed by atoms with Crippen molar-refractivity contribution in [3.8, 4) is 5.75 Å². The summed E-state index contributed by atoms with van der Waals surface area (Å²) in [5.41, 5.74) is 4.01. The molecular formula is C28H28N2O3. The van der Waals surface area contributed by atoms with E-state index in [1.165, 1.54) is 10.5 Å². The second-order valence-corrected chi connectivity index (χ2v) is 8.06. The van der Waals surface area contributed by atoms with Gasteiger partial charge >= 0.3 is 0 Å². The molecule has 1 aliphatic heterocycles. The number of imide groups is 1. The highest BCUT2D eigenvalue weighted by Gasteiger charge is 2.42. The fraction of sp³-hybridized carbons (Fsp3) is 0.214. The van der Waals surface area contributed by atoms with Crippen LogP contribution < -0.4 is 14.5 Å². The number of likely N-dealkylation sites (N-methyl/N-ethyl adjacent to an activating group) is 1. The lowest BCUT2D eigenvalue weighted by Gasteiger charge is -2.21. The van der Waals surface area contributed by atoms with Gasteiger partial charge in [-0.25, -0.2) is 4.90 Å². The van der Waals surface area contributed by atoms with Gasteiger partial charge in [-0.2, -0.15) is 0 Å². The molecule has 0 saturated heterocycles. The van der Waals surface area contributed by atoms with Gasteiger partial charge in [-0.3, -0.25) is 9.59 Å². The van der Waals surface area contributed by atoms with Gasteiger partial charge in [0.1, 0.15) is 11.4 Å². The number of ether oxygens (including phenoxy) is 1. The summed E-state index contributed by atoms with van der Waals surface area (Å²) in [4.78, 5) is 30.4. The van der Waals surface area contributed by atoms with Crippen LogP contribution in [0.5, 0.6) is 5.75 Å². The Morgan fingerprint density at radius 2 is 1.52 bits per heavy atom. The Bertz CT molecular complexity index is 1170. The summed E-state index contributed by atoms with van der Waals surface area (Å²) in [6, 6.07) is 24.5. The van der Waals surface area contributed by atoms with Crippen molar-refractivity contribution in [1.29, 1.82) is 0 Å². The summed E-state index contributed by atoms with van der Waals surface area (Å²) >= 11 is 0. The third-order valence-corrected chi connectivity index (χ3v) is 5.93. The first kappa shape index (κ1) is 22.3. The summed E-state index contributed by atoms with van der Waals surface area (Å²) in [6.45, 7) is 2.16. The molecule has 0 bridgehead atoms. The highest BCUT2D eigenvalue weighted by molar-refractivity contribution is 6.46. The van der Waals surface area contributed by atoms with Crippen molar-refractivity contribution < 1.29 is 14.3 Å². The van der Waals surface area contributed by atoms with Crippen LogP contribution in [-0.4, -0.2) is 26.0 Å². The quantitative estimate of drug-likeness (QED) is 0.437. The predicted octanol–water partition coefficient (Wildman–Crippen LogP) is 5.46. The molecule has 0 N–H and O–H groups in total. The van der Waals surface area contributed by atoms with Gasteiger partial charge in [-0.05, 0) is 60.4 Å². The first-order chi connectivity index (χ1) is 16.0. The van der Waals surface area contributed by atoms with Gasteiger partial charge in [-0.1, -0.05) is 55.8 Å². The largest absolute Gasteiger partial charge is 0.497 e. The molecule has 0 radical (unpaired) electrons. The monoisotopic (exact) mass is 440 g/mol. The highest BCUT2D eigenvalue weighted by atomic mass is 16.5. The molecule has 33 heavy (non-hydrogen) atoms. The van der Waals surface area contributed by atoms with Crippen LogP contribution in [0.1, 0.15) is 30.9 Å². The third kappa shape index (κ3) is 4.40. The number of amides is 2. The molecule has 4 rings (SSSR count). The Labute approximate surface area is 194 Å². The minimum absolute atomic E-state index is 0.329. The van der Waals surface area contributed by atoms with Crippen molar-refractivity contribution in [2.75, 3.05) is 24.0 Å². The maximum Gasteiger partial charge on any atom is 0.282 e. The number of hydrogen-bond acceptors (Lipinski definition) is 4. The van der Waals surface area contributed by atoms with E-state index in [0.29, 0.717) is 28.3 Å². The van der Waals surface area contributed by atoms with Crippen LogP contribution in [-0.2, 0) is 16.0 Å². The number of unbranched alkanes of at least 4 members (excludes halogenated alkanes) is 1. The number of rotatable bonds is 8. The molecular weight excluding hydrogens is 412 g/mol. The fourth-order valence-corrected chi connectivity index (χ4v) is 4.05. The number of hydrogen-bond donors (Lipinski definition) is 0. The Kier molecular flexibility index (Phi) is 6.59. The van der Waals surface area contributed by atoms with E-state index in [1.54, 1.807) is 24.1 Å². The molecule has 5 nitrogen and oxygen atoms in total. The molecule has 1 heterocycles. The Hall–Kier alpha value is -3.86. The van der Waals surface area contributed by atoms with Gasteiger partial charge in [0.25, 0.3) is 11.8 Å². The van der Waals surface area contributed by atoms with Crippen LogP contribution in [0.15, 0.2) is 84.6 Å². The molecule has 3 aromatic rings. The molecule has 0 fully saturated rings. The molecule has 0 aromatic heterocycles. The minimum Gasteiger partial charge on any atom is -0.497 e. The van der Waals surface area contributed by atoms with Crippen molar-refractivity contribution >= 4 is 28.8 Å². The summed E-state index contributed by atoms with van der Waals surface area (Å²) in [6.07, 6.45) is 3.21. The molecule has 168 valence electrons. The number of benzene rings is 3. The number of carbonyl (C=O) groups is 2. The number of para-hydroxylation sites is 1. The second-order valence-electron chi connectivity index (χ2n) is 8.06. The summed E-state index contributed by atoms with van der Waals surface area (Å²) in [5.74, 6) is 0.0244. The van der Waals surface area contributed by atoms with Crippen LogP contribution in [0.4, 0.5) is 11.4 Å². The smallest absolute Gasteiger partial charge is 0.282 e. The first-order valence-electron chi connectivity index (χ1n) is 11.2. The second kappa shape index (κ2) is 9.74. The molecule has 1 aliphatic rings. The van der Waals surface area contributed by atoms with Crippen LogP contribution in [0.3, 0.4) is 0 Å².